The van der Waals surface area contributed by atoms with E-state index >= 15 is 0 Å². The molecule has 3 nitrogen and oxygen atoms in total. The second-order valence-electron chi connectivity index (χ2n) is 5.67. The Labute approximate surface area is 111 Å². The van der Waals surface area contributed by atoms with Crippen LogP contribution in [-0.2, 0) is 19.9 Å². The highest BCUT2D eigenvalue weighted by Crippen LogP contribution is 2.32. The molecular weight excluding hydrogens is 222 g/mol. The van der Waals surface area contributed by atoms with Crippen molar-refractivity contribution in [2.75, 3.05) is 13.6 Å². The molecule has 0 bridgehead atoms. The molecule has 0 saturated heterocycles. The molecule has 1 heterocycles. The van der Waals surface area contributed by atoms with E-state index in [1.165, 1.54) is 50.0 Å². The molecule has 102 valence electrons. The van der Waals surface area contributed by atoms with Crippen LogP contribution in [0, 0.1) is 11.8 Å². The number of aromatic nitrogens is 2. The van der Waals surface area contributed by atoms with E-state index in [1.54, 1.807) is 0 Å². The van der Waals surface area contributed by atoms with Crippen molar-refractivity contribution in [2.24, 2.45) is 18.9 Å². The standard InChI is InChI=1S/C15H27N3/c1-4-14-10-15(18(3)17-14)9-12-7-5-6-8-13(12)11-16-2/h10,12-13,16H,4-9,11H2,1-3H3. The van der Waals surface area contributed by atoms with Crippen LogP contribution in [0.1, 0.15) is 44.0 Å². The summed E-state index contributed by atoms with van der Waals surface area (Å²) in [6, 6.07) is 2.30. The van der Waals surface area contributed by atoms with Gasteiger partial charge in [0.15, 0.2) is 0 Å². The van der Waals surface area contributed by atoms with Crippen molar-refractivity contribution < 1.29 is 0 Å². The number of nitrogens with one attached hydrogen (secondary N) is 1. The van der Waals surface area contributed by atoms with E-state index in [9.17, 15) is 0 Å². The van der Waals surface area contributed by atoms with Gasteiger partial charge in [-0.3, -0.25) is 4.68 Å². The van der Waals surface area contributed by atoms with Crippen molar-refractivity contribution >= 4 is 0 Å². The van der Waals surface area contributed by atoms with E-state index in [2.05, 4.69) is 42.2 Å². The quantitative estimate of drug-likeness (QED) is 0.869. The molecule has 0 radical (unpaired) electrons. The molecule has 1 aliphatic carbocycles. The van der Waals surface area contributed by atoms with Crippen LogP contribution >= 0.6 is 0 Å². The summed E-state index contributed by atoms with van der Waals surface area (Å²) < 4.78 is 2.09. The van der Waals surface area contributed by atoms with Crippen molar-refractivity contribution in [1.29, 1.82) is 0 Å². The topological polar surface area (TPSA) is 29.9 Å². The fourth-order valence-corrected chi connectivity index (χ4v) is 3.29. The fourth-order valence-electron chi connectivity index (χ4n) is 3.29. The molecule has 1 fully saturated rings. The molecule has 1 aromatic heterocycles. The molecule has 18 heavy (non-hydrogen) atoms. The minimum Gasteiger partial charge on any atom is -0.319 e. The van der Waals surface area contributed by atoms with Gasteiger partial charge >= 0.3 is 0 Å². The molecule has 1 aliphatic rings. The fraction of sp³-hybridized carbons (Fsp3) is 0.800. The largest absolute Gasteiger partial charge is 0.319 e. The van der Waals surface area contributed by atoms with Crippen LogP contribution in [-0.4, -0.2) is 23.4 Å². The van der Waals surface area contributed by atoms with Gasteiger partial charge in [0, 0.05) is 12.7 Å². The van der Waals surface area contributed by atoms with Crippen molar-refractivity contribution in [3.63, 3.8) is 0 Å². The molecule has 3 heteroatoms. The van der Waals surface area contributed by atoms with Gasteiger partial charge in [-0.05, 0) is 57.2 Å². The lowest BCUT2D eigenvalue weighted by Gasteiger charge is -2.31. The molecule has 0 aromatic carbocycles. The monoisotopic (exact) mass is 249 g/mol. The maximum Gasteiger partial charge on any atom is 0.0624 e. The first-order valence-electron chi connectivity index (χ1n) is 7.41. The smallest absolute Gasteiger partial charge is 0.0624 e. The Balaban J connectivity index is 2.03. The van der Waals surface area contributed by atoms with E-state index in [-0.39, 0.29) is 0 Å². The first-order valence-corrected chi connectivity index (χ1v) is 7.41. The first-order chi connectivity index (χ1) is 8.74. The average molecular weight is 249 g/mol. The molecule has 2 atom stereocenters. The maximum atomic E-state index is 4.57. The van der Waals surface area contributed by atoms with Gasteiger partial charge in [0.1, 0.15) is 0 Å². The van der Waals surface area contributed by atoms with Crippen molar-refractivity contribution in [1.82, 2.24) is 15.1 Å². The number of aryl methyl sites for hydroxylation is 2. The highest BCUT2D eigenvalue weighted by atomic mass is 15.3. The van der Waals surface area contributed by atoms with Crippen LogP contribution in [0.25, 0.3) is 0 Å². The van der Waals surface area contributed by atoms with Crippen molar-refractivity contribution in [3.8, 4) is 0 Å². The molecule has 1 aromatic rings. The zero-order valence-corrected chi connectivity index (χ0v) is 12.1. The van der Waals surface area contributed by atoms with Gasteiger partial charge in [-0.2, -0.15) is 5.10 Å². The van der Waals surface area contributed by atoms with Gasteiger partial charge in [-0.15, -0.1) is 0 Å². The van der Waals surface area contributed by atoms with Crippen LogP contribution in [0.5, 0.6) is 0 Å². The molecule has 2 unspecified atom stereocenters. The second-order valence-corrected chi connectivity index (χ2v) is 5.67. The summed E-state index contributed by atoms with van der Waals surface area (Å²) >= 11 is 0. The summed E-state index contributed by atoms with van der Waals surface area (Å²) in [6.07, 6.45) is 7.84. The SMILES string of the molecule is CCc1cc(CC2CCCCC2CNC)n(C)n1. The van der Waals surface area contributed by atoms with E-state index in [0.29, 0.717) is 0 Å². The zero-order valence-electron chi connectivity index (χ0n) is 12.1. The van der Waals surface area contributed by atoms with Gasteiger partial charge in [0.05, 0.1) is 5.69 Å². The highest BCUT2D eigenvalue weighted by Gasteiger charge is 2.25. The predicted octanol–water partition coefficient (Wildman–Crippen LogP) is 2.55. The third-order valence-electron chi connectivity index (χ3n) is 4.39. The van der Waals surface area contributed by atoms with Crippen LogP contribution in [0.3, 0.4) is 0 Å². The third kappa shape index (κ3) is 3.14. The van der Waals surface area contributed by atoms with Gasteiger partial charge in [0.25, 0.3) is 0 Å². The highest BCUT2D eigenvalue weighted by molar-refractivity contribution is 5.11. The lowest BCUT2D eigenvalue weighted by Crippen LogP contribution is -2.30. The van der Waals surface area contributed by atoms with Gasteiger partial charge in [0.2, 0.25) is 0 Å². The van der Waals surface area contributed by atoms with Crippen LogP contribution in [0.15, 0.2) is 6.07 Å². The third-order valence-corrected chi connectivity index (χ3v) is 4.39. The molecule has 1 saturated carbocycles. The Kier molecular flexibility index (Phi) is 4.81. The summed E-state index contributed by atoms with van der Waals surface area (Å²) in [5.41, 5.74) is 2.65. The summed E-state index contributed by atoms with van der Waals surface area (Å²) in [7, 11) is 4.16. The number of nitrogens with zero attached hydrogens (tertiary/aromatic N) is 2. The Bertz CT molecular complexity index is 368. The normalized spacial score (nSPS) is 24.4. The van der Waals surface area contributed by atoms with E-state index < -0.39 is 0 Å². The minimum atomic E-state index is 0.839. The Hall–Kier alpha value is -0.830. The molecular formula is C15H27N3. The van der Waals surface area contributed by atoms with E-state index in [4.69, 9.17) is 0 Å². The van der Waals surface area contributed by atoms with E-state index in [1.807, 2.05) is 0 Å². The number of hydrogen-bond acceptors (Lipinski definition) is 2. The number of hydrogen-bond donors (Lipinski definition) is 1. The summed E-state index contributed by atoms with van der Waals surface area (Å²) in [5, 5.41) is 7.93. The van der Waals surface area contributed by atoms with Gasteiger partial charge < -0.3 is 5.32 Å². The Morgan fingerprint density at radius 3 is 2.67 bits per heavy atom. The van der Waals surface area contributed by atoms with Crippen LogP contribution in [0.4, 0.5) is 0 Å². The molecule has 0 spiro atoms. The second kappa shape index (κ2) is 6.37. The van der Waals surface area contributed by atoms with Crippen molar-refractivity contribution in [3.05, 3.63) is 17.5 Å². The van der Waals surface area contributed by atoms with Crippen molar-refractivity contribution in [2.45, 2.75) is 45.4 Å². The van der Waals surface area contributed by atoms with E-state index in [0.717, 1.165) is 18.3 Å². The molecule has 2 rings (SSSR count). The van der Waals surface area contributed by atoms with Crippen LogP contribution in [0.2, 0.25) is 0 Å². The molecule has 0 amide bonds. The average Bonchev–Trinajstić information content (AvgIpc) is 2.73. The lowest BCUT2D eigenvalue weighted by atomic mass is 9.77. The van der Waals surface area contributed by atoms with Crippen LogP contribution < -0.4 is 5.32 Å². The molecule has 0 aliphatic heterocycles. The minimum absolute atomic E-state index is 0.839. The summed E-state index contributed by atoms with van der Waals surface area (Å²) in [5.74, 6) is 1.69. The Morgan fingerprint density at radius 1 is 1.33 bits per heavy atom. The number of rotatable bonds is 5. The lowest BCUT2D eigenvalue weighted by molar-refractivity contribution is 0.229. The van der Waals surface area contributed by atoms with Gasteiger partial charge in [-0.1, -0.05) is 19.8 Å². The Morgan fingerprint density at radius 2 is 2.06 bits per heavy atom. The first kappa shape index (κ1) is 13.6. The summed E-state index contributed by atoms with van der Waals surface area (Å²) in [4.78, 5) is 0. The predicted molar refractivity (Wildman–Crippen MR) is 75.7 cm³/mol. The maximum absolute atomic E-state index is 4.57. The summed E-state index contributed by atoms with van der Waals surface area (Å²) in [6.45, 7) is 3.35. The zero-order chi connectivity index (χ0) is 13.0. The molecule has 1 N–H and O–H groups in total. The van der Waals surface area contributed by atoms with Gasteiger partial charge in [-0.25, -0.2) is 0 Å².